The van der Waals surface area contributed by atoms with Gasteiger partial charge in [-0.15, -0.1) is 0 Å². The van der Waals surface area contributed by atoms with Crippen LogP contribution in [0.15, 0.2) is 24.3 Å². The van der Waals surface area contributed by atoms with Crippen molar-refractivity contribution in [3.05, 3.63) is 29.8 Å². The Morgan fingerprint density at radius 3 is 1.80 bits per heavy atom. The summed E-state index contributed by atoms with van der Waals surface area (Å²) in [5, 5.41) is 0. The Morgan fingerprint density at radius 2 is 1.30 bits per heavy atom. The molecule has 2 saturated carbocycles. The Morgan fingerprint density at radius 1 is 0.775 bits per heavy atom. The molecule has 2 nitrogen and oxygen atoms in total. The zero-order valence-electron chi connectivity index (χ0n) is 22.5. The lowest BCUT2D eigenvalue weighted by Gasteiger charge is -2.37. The maximum atomic E-state index is 13.8. The van der Waals surface area contributed by atoms with Crippen LogP contribution in [0.1, 0.15) is 89.5 Å². The van der Waals surface area contributed by atoms with Crippen LogP contribution in [-0.2, 0) is 11.2 Å². The molecule has 0 spiro atoms. The van der Waals surface area contributed by atoms with E-state index in [1.807, 2.05) is 0 Å². The Balaban J connectivity index is 1.45. The molecule has 3 rings (SSSR count). The smallest absolute Gasteiger partial charge is 0.426 e. The fourth-order valence-electron chi connectivity index (χ4n) is 6.06. The summed E-state index contributed by atoms with van der Waals surface area (Å²) in [4.78, 5) is 12.7. The fourth-order valence-corrected chi connectivity index (χ4v) is 6.06. The zero-order chi connectivity index (χ0) is 29.8. The molecule has 0 unspecified atom stereocenters. The van der Waals surface area contributed by atoms with Gasteiger partial charge in [-0.3, -0.25) is 4.79 Å². The maximum Gasteiger partial charge on any atom is 0.460 e. The van der Waals surface area contributed by atoms with E-state index >= 15 is 0 Å². The molecule has 1 aromatic rings. The minimum absolute atomic E-state index is 0.0180. The summed E-state index contributed by atoms with van der Waals surface area (Å²) in [7, 11) is 0. The molecule has 2 fully saturated rings. The van der Waals surface area contributed by atoms with Crippen LogP contribution in [-0.4, -0.2) is 29.9 Å². The molecule has 0 radical (unpaired) electrons. The number of carbonyl (C=O) groups is 1. The van der Waals surface area contributed by atoms with E-state index in [9.17, 15) is 44.3 Å². The molecule has 0 amide bonds. The number of aryl methyl sites for hydroxylation is 1. The molecule has 0 aromatic heterocycles. The number of esters is 1. The quantitative estimate of drug-likeness (QED) is 0.146. The van der Waals surface area contributed by atoms with Gasteiger partial charge in [-0.05, 0) is 80.4 Å². The molecule has 40 heavy (non-hydrogen) atoms. The van der Waals surface area contributed by atoms with E-state index in [0.717, 1.165) is 18.8 Å². The predicted molar refractivity (Wildman–Crippen MR) is 132 cm³/mol. The molecule has 0 heterocycles. The van der Waals surface area contributed by atoms with E-state index in [1.54, 1.807) is 0 Å². The number of ether oxygens (including phenoxy) is 1. The molecule has 0 saturated heterocycles. The third-order valence-corrected chi connectivity index (χ3v) is 8.71. The molecule has 0 aliphatic heterocycles. The average Bonchev–Trinajstić information content (AvgIpc) is 2.91. The number of hydrogen-bond donors (Lipinski definition) is 0. The highest BCUT2D eigenvalue weighted by molar-refractivity contribution is 5.75. The Kier molecular flexibility index (Phi) is 10.5. The van der Waals surface area contributed by atoms with Gasteiger partial charge in [0.15, 0.2) is 0 Å². The van der Waals surface area contributed by atoms with E-state index in [4.69, 9.17) is 4.74 Å². The number of benzene rings is 1. The average molecular weight is 589 g/mol. The van der Waals surface area contributed by atoms with Crippen molar-refractivity contribution in [2.24, 2.45) is 23.7 Å². The fraction of sp³-hybridized carbons (Fsp3) is 0.759. The van der Waals surface area contributed by atoms with E-state index in [1.165, 1.54) is 69.2 Å². The topological polar surface area (TPSA) is 26.3 Å². The molecule has 11 heteroatoms. The summed E-state index contributed by atoms with van der Waals surface area (Å²) in [6, 6.07) is 4.84. The van der Waals surface area contributed by atoms with Crippen LogP contribution >= 0.6 is 0 Å². The maximum absolute atomic E-state index is 13.8. The highest BCUT2D eigenvalue weighted by Gasteiger charge is 2.81. The van der Waals surface area contributed by atoms with Gasteiger partial charge in [-0.1, -0.05) is 51.2 Å². The number of rotatable bonds is 11. The van der Waals surface area contributed by atoms with Gasteiger partial charge in [0.2, 0.25) is 0 Å². The number of unbranched alkanes of at least 4 members (excludes halogenated alkanes) is 1. The molecule has 0 atom stereocenters. The van der Waals surface area contributed by atoms with Crippen LogP contribution in [0.3, 0.4) is 0 Å². The summed E-state index contributed by atoms with van der Waals surface area (Å²) < 4.78 is 123. The van der Waals surface area contributed by atoms with Gasteiger partial charge >= 0.3 is 29.9 Å². The van der Waals surface area contributed by atoms with Gasteiger partial charge in [0.1, 0.15) is 5.75 Å². The monoisotopic (exact) mass is 588 g/mol. The molecule has 1 aromatic carbocycles. The second-order valence-electron chi connectivity index (χ2n) is 11.5. The van der Waals surface area contributed by atoms with Crippen LogP contribution in [0.5, 0.6) is 5.75 Å². The summed E-state index contributed by atoms with van der Waals surface area (Å²) >= 11 is 0. The molecule has 0 N–H and O–H groups in total. The summed E-state index contributed by atoms with van der Waals surface area (Å²) in [5.41, 5.74) is -0.0180. The largest absolute Gasteiger partial charge is 0.460 e. The van der Waals surface area contributed by atoms with E-state index in [-0.39, 0.29) is 17.2 Å². The van der Waals surface area contributed by atoms with E-state index in [2.05, 4.69) is 6.92 Å². The van der Waals surface area contributed by atoms with Crippen molar-refractivity contribution in [2.45, 2.75) is 114 Å². The normalized spacial score (nSPS) is 25.1. The second kappa shape index (κ2) is 12.9. The van der Waals surface area contributed by atoms with Gasteiger partial charge in [0.05, 0.1) is 5.92 Å². The molecular formula is C29H37F9O2. The van der Waals surface area contributed by atoms with Crippen molar-refractivity contribution < 1.29 is 49.0 Å². The van der Waals surface area contributed by atoms with E-state index < -0.39 is 42.8 Å². The van der Waals surface area contributed by atoms with E-state index in [0.29, 0.717) is 24.7 Å². The lowest BCUT2D eigenvalue weighted by Crippen LogP contribution is -2.60. The number of halogens is 9. The molecule has 228 valence electrons. The number of alkyl halides is 9. The number of hydrogen-bond acceptors (Lipinski definition) is 2. The van der Waals surface area contributed by atoms with Crippen molar-refractivity contribution in [1.29, 1.82) is 0 Å². The van der Waals surface area contributed by atoms with Crippen LogP contribution in [0.4, 0.5) is 39.5 Å². The van der Waals surface area contributed by atoms with Crippen LogP contribution in [0.25, 0.3) is 0 Å². The highest BCUT2D eigenvalue weighted by atomic mass is 19.4. The third kappa shape index (κ3) is 7.46. The lowest BCUT2D eigenvalue weighted by atomic mass is 9.68. The first-order valence-electron chi connectivity index (χ1n) is 14.1. The second-order valence-corrected chi connectivity index (χ2v) is 11.5. The van der Waals surface area contributed by atoms with Crippen molar-refractivity contribution >= 4 is 5.97 Å². The van der Waals surface area contributed by atoms with Crippen molar-refractivity contribution in [1.82, 2.24) is 0 Å². The summed E-state index contributed by atoms with van der Waals surface area (Å²) in [6.07, 6.45) is 2.54. The van der Waals surface area contributed by atoms with Crippen molar-refractivity contribution in [3.63, 3.8) is 0 Å². The molecule has 2 aliphatic carbocycles. The first kappa shape index (κ1) is 32.6. The Labute approximate surface area is 229 Å². The first-order chi connectivity index (χ1) is 18.6. The summed E-state index contributed by atoms with van der Waals surface area (Å²) in [5.74, 6) is -17.6. The van der Waals surface area contributed by atoms with Crippen LogP contribution in [0.2, 0.25) is 0 Å². The Bertz CT molecular complexity index is 943. The van der Waals surface area contributed by atoms with Crippen molar-refractivity contribution in [3.8, 4) is 5.75 Å². The predicted octanol–water partition coefficient (Wildman–Crippen LogP) is 9.80. The summed E-state index contributed by atoms with van der Waals surface area (Å²) in [6.45, 7) is 2.21. The van der Waals surface area contributed by atoms with Gasteiger partial charge in [-0.2, -0.15) is 39.5 Å². The Hall–Kier alpha value is -1.94. The number of carbonyl (C=O) groups excluding carboxylic acids is 1. The standard InChI is InChI=1S/C29H37F9O2/c1-2-3-4-19-5-9-21(10-6-19)22-11-13-23(14-12-22)25(39)40-24-15-7-20(8-16-24)17-18-26(30,31)27(32,33)28(34,35)29(36,37)38/h7-8,15-16,19,21-23H,2-6,9-14,17-18H2,1H3/t19-,21-,22-,23-. The molecule has 2 aliphatic rings. The highest BCUT2D eigenvalue weighted by Crippen LogP contribution is 2.54. The first-order valence-corrected chi connectivity index (χ1v) is 14.1. The minimum Gasteiger partial charge on any atom is -0.426 e. The van der Waals surface area contributed by atoms with Crippen LogP contribution < -0.4 is 4.74 Å². The lowest BCUT2D eigenvalue weighted by molar-refractivity contribution is -0.396. The van der Waals surface area contributed by atoms with Gasteiger partial charge in [-0.25, -0.2) is 0 Å². The minimum atomic E-state index is -6.89. The van der Waals surface area contributed by atoms with Gasteiger partial charge < -0.3 is 4.74 Å². The van der Waals surface area contributed by atoms with Gasteiger partial charge in [0, 0.05) is 6.42 Å². The van der Waals surface area contributed by atoms with Gasteiger partial charge in [0.25, 0.3) is 0 Å². The zero-order valence-corrected chi connectivity index (χ0v) is 22.5. The molecule has 0 bridgehead atoms. The van der Waals surface area contributed by atoms with Crippen LogP contribution in [0, 0.1) is 23.7 Å². The third-order valence-electron chi connectivity index (χ3n) is 8.71. The SMILES string of the molecule is CCCC[C@H]1CC[C@H]([C@H]2CC[C@H](C(=O)Oc3ccc(CCC(F)(F)C(F)(F)C(F)(F)C(F)(F)F)cc3)CC2)CC1. The molecular weight excluding hydrogens is 551 g/mol. The van der Waals surface area contributed by atoms with Crippen molar-refractivity contribution in [2.75, 3.05) is 0 Å².